The minimum atomic E-state index is -1.23. The van der Waals surface area contributed by atoms with Crippen LogP contribution in [0.2, 0.25) is 5.15 Å². The number of non-ortho nitro benzene ring substituents is 1. The summed E-state index contributed by atoms with van der Waals surface area (Å²) in [4.78, 5) is 25.6. The van der Waals surface area contributed by atoms with Crippen molar-refractivity contribution in [3.63, 3.8) is 0 Å². The fourth-order valence-corrected chi connectivity index (χ4v) is 2.43. The lowest BCUT2D eigenvalue weighted by molar-refractivity contribution is -0.384. The third-order valence-corrected chi connectivity index (χ3v) is 3.54. The molecule has 0 bridgehead atoms. The van der Waals surface area contributed by atoms with Crippen LogP contribution >= 0.6 is 11.6 Å². The van der Waals surface area contributed by atoms with Gasteiger partial charge in [0.15, 0.2) is 11.4 Å². The summed E-state index contributed by atoms with van der Waals surface area (Å²) in [5.74, 6) is -1.07. The first-order valence-electron chi connectivity index (χ1n) is 6.52. The number of hydrogen-bond donors (Lipinski definition) is 1. The zero-order valence-electron chi connectivity index (χ0n) is 12.1. The molecule has 0 fully saturated rings. The van der Waals surface area contributed by atoms with Gasteiger partial charge in [-0.1, -0.05) is 11.6 Å². The van der Waals surface area contributed by atoms with E-state index in [2.05, 4.69) is 10.1 Å². The van der Waals surface area contributed by atoms with Crippen LogP contribution in [0.1, 0.15) is 10.5 Å². The summed E-state index contributed by atoms with van der Waals surface area (Å²) in [5, 5.41) is 24.7. The number of fused-ring (bicyclic) bond motifs is 1. The first kappa shape index (κ1) is 15.7. The molecule has 0 radical (unpaired) electrons. The van der Waals surface area contributed by atoms with E-state index in [1.807, 2.05) is 0 Å². The van der Waals surface area contributed by atoms with E-state index in [0.717, 1.165) is 0 Å². The number of nitro benzene ring substituents is 1. The van der Waals surface area contributed by atoms with Gasteiger partial charge in [0.25, 0.3) is 5.69 Å². The highest BCUT2D eigenvalue weighted by Crippen LogP contribution is 2.31. The molecule has 122 valence electrons. The van der Waals surface area contributed by atoms with Crippen LogP contribution in [-0.2, 0) is 0 Å². The average molecular weight is 349 g/mol. The summed E-state index contributed by atoms with van der Waals surface area (Å²) in [7, 11) is 1.35. The highest BCUT2D eigenvalue weighted by molar-refractivity contribution is 6.30. The number of benzene rings is 1. The van der Waals surface area contributed by atoms with Gasteiger partial charge in [-0.2, -0.15) is 5.10 Å². The third-order valence-electron chi connectivity index (χ3n) is 3.34. The second-order valence-corrected chi connectivity index (χ2v) is 5.09. The van der Waals surface area contributed by atoms with E-state index in [4.69, 9.17) is 16.3 Å². The molecule has 0 aliphatic rings. The van der Waals surface area contributed by atoms with Crippen LogP contribution in [0.3, 0.4) is 0 Å². The van der Waals surface area contributed by atoms with Crippen LogP contribution in [0, 0.1) is 10.1 Å². The van der Waals surface area contributed by atoms with Crippen molar-refractivity contribution in [2.75, 3.05) is 7.11 Å². The molecule has 0 unspecified atom stereocenters. The van der Waals surface area contributed by atoms with E-state index in [-0.39, 0.29) is 27.7 Å². The Kier molecular flexibility index (Phi) is 3.78. The Balaban J connectivity index is 2.32. The van der Waals surface area contributed by atoms with Crippen molar-refractivity contribution in [3.05, 3.63) is 51.4 Å². The molecule has 0 aliphatic heterocycles. The Bertz CT molecular complexity index is 985. The molecule has 2 aromatic heterocycles. The molecule has 3 aromatic rings. The van der Waals surface area contributed by atoms with Gasteiger partial charge in [0.2, 0.25) is 0 Å². The topological polar surface area (TPSA) is 120 Å². The molecule has 9 nitrogen and oxygen atoms in total. The van der Waals surface area contributed by atoms with E-state index in [1.165, 1.54) is 42.3 Å². The standard InChI is InChI=1S/C14H9ClN4O5/c1-24-11-4-7(19(22)23)2-3-9(11)18-10-5-12(15)16-6-8(10)13(17-18)14(20)21/h2-6H,1H3,(H,20,21). The molecule has 0 aliphatic carbocycles. The van der Waals surface area contributed by atoms with Crippen LogP contribution in [0.5, 0.6) is 5.75 Å². The van der Waals surface area contributed by atoms with E-state index >= 15 is 0 Å². The fourth-order valence-electron chi connectivity index (χ4n) is 2.28. The molecule has 1 aromatic carbocycles. The summed E-state index contributed by atoms with van der Waals surface area (Å²) >= 11 is 5.89. The van der Waals surface area contributed by atoms with Crippen LogP contribution in [-0.4, -0.2) is 37.9 Å². The van der Waals surface area contributed by atoms with Crippen molar-refractivity contribution in [2.24, 2.45) is 0 Å². The number of rotatable bonds is 4. The highest BCUT2D eigenvalue weighted by Gasteiger charge is 2.21. The number of aromatic nitrogens is 3. The zero-order chi connectivity index (χ0) is 17.4. The number of ether oxygens (including phenoxy) is 1. The van der Waals surface area contributed by atoms with Crippen LogP contribution < -0.4 is 4.74 Å². The molecule has 24 heavy (non-hydrogen) atoms. The lowest BCUT2D eigenvalue weighted by atomic mass is 10.2. The van der Waals surface area contributed by atoms with Gasteiger partial charge in [-0.05, 0) is 6.07 Å². The highest BCUT2D eigenvalue weighted by atomic mass is 35.5. The van der Waals surface area contributed by atoms with Crippen LogP contribution in [0.15, 0.2) is 30.5 Å². The minimum absolute atomic E-state index is 0.154. The second-order valence-electron chi connectivity index (χ2n) is 4.70. The summed E-state index contributed by atoms with van der Waals surface area (Å²) < 4.78 is 6.48. The van der Waals surface area contributed by atoms with Gasteiger partial charge in [0.05, 0.1) is 29.0 Å². The predicted molar refractivity (Wildman–Crippen MR) is 84.0 cm³/mol. The Morgan fingerprint density at radius 2 is 2.17 bits per heavy atom. The third kappa shape index (κ3) is 2.50. The first-order chi connectivity index (χ1) is 11.4. The van der Waals surface area contributed by atoms with E-state index in [1.54, 1.807) is 0 Å². The number of hydrogen-bond acceptors (Lipinski definition) is 6. The number of carboxylic acid groups (broad SMARTS) is 1. The van der Waals surface area contributed by atoms with Crippen molar-refractivity contribution in [1.82, 2.24) is 14.8 Å². The van der Waals surface area contributed by atoms with Crippen molar-refractivity contribution < 1.29 is 19.6 Å². The van der Waals surface area contributed by atoms with Gasteiger partial charge >= 0.3 is 5.97 Å². The molecule has 3 rings (SSSR count). The summed E-state index contributed by atoms with van der Waals surface area (Å²) in [6, 6.07) is 5.38. The SMILES string of the molecule is COc1cc([N+](=O)[O-])ccc1-n1nc(C(=O)O)c2cnc(Cl)cc21. The van der Waals surface area contributed by atoms with Crippen molar-refractivity contribution in [2.45, 2.75) is 0 Å². The largest absolute Gasteiger partial charge is 0.494 e. The molecule has 0 atom stereocenters. The number of carbonyl (C=O) groups is 1. The van der Waals surface area contributed by atoms with Crippen molar-refractivity contribution in [3.8, 4) is 11.4 Å². The fraction of sp³-hybridized carbons (Fsp3) is 0.0714. The average Bonchev–Trinajstić information content (AvgIpc) is 2.92. The number of aromatic carboxylic acids is 1. The Morgan fingerprint density at radius 1 is 1.42 bits per heavy atom. The maximum atomic E-state index is 11.4. The second kappa shape index (κ2) is 5.78. The molecule has 0 spiro atoms. The van der Waals surface area contributed by atoms with E-state index < -0.39 is 10.9 Å². The number of halogens is 1. The normalized spacial score (nSPS) is 10.8. The Labute approximate surface area is 139 Å². The molecule has 10 heteroatoms. The number of nitro groups is 1. The molecule has 0 saturated carbocycles. The molecule has 0 saturated heterocycles. The maximum Gasteiger partial charge on any atom is 0.357 e. The van der Waals surface area contributed by atoms with Gasteiger partial charge < -0.3 is 9.84 Å². The Hall–Kier alpha value is -3.20. The maximum absolute atomic E-state index is 11.4. The number of methoxy groups -OCH3 is 1. The monoisotopic (exact) mass is 348 g/mol. The Morgan fingerprint density at radius 3 is 2.79 bits per heavy atom. The van der Waals surface area contributed by atoms with E-state index in [9.17, 15) is 20.0 Å². The van der Waals surface area contributed by atoms with E-state index in [0.29, 0.717) is 11.2 Å². The smallest absolute Gasteiger partial charge is 0.357 e. The number of pyridine rings is 1. The van der Waals surface area contributed by atoms with Gasteiger partial charge in [0, 0.05) is 18.3 Å². The number of carboxylic acids is 1. The quantitative estimate of drug-likeness (QED) is 0.437. The summed E-state index contributed by atoms with van der Waals surface area (Å²) in [6.07, 6.45) is 1.31. The summed E-state index contributed by atoms with van der Waals surface area (Å²) in [5.41, 5.74) is 0.349. The van der Waals surface area contributed by atoms with Gasteiger partial charge in [-0.15, -0.1) is 0 Å². The lowest BCUT2D eigenvalue weighted by Gasteiger charge is -2.09. The molecule has 0 amide bonds. The van der Waals surface area contributed by atoms with Crippen molar-refractivity contribution in [1.29, 1.82) is 0 Å². The van der Waals surface area contributed by atoms with Crippen LogP contribution in [0.4, 0.5) is 5.69 Å². The minimum Gasteiger partial charge on any atom is -0.494 e. The molecular formula is C14H9ClN4O5. The molecule has 2 heterocycles. The van der Waals surface area contributed by atoms with Crippen LogP contribution in [0.25, 0.3) is 16.6 Å². The predicted octanol–water partition coefficient (Wildman–Crippen LogP) is 2.69. The number of nitrogens with zero attached hydrogens (tertiary/aromatic N) is 4. The van der Waals surface area contributed by atoms with Gasteiger partial charge in [-0.25, -0.2) is 14.5 Å². The van der Waals surface area contributed by atoms with Gasteiger partial charge in [-0.3, -0.25) is 10.1 Å². The molecular weight excluding hydrogens is 340 g/mol. The lowest BCUT2D eigenvalue weighted by Crippen LogP contribution is -2.03. The first-order valence-corrected chi connectivity index (χ1v) is 6.90. The van der Waals surface area contributed by atoms with Crippen molar-refractivity contribution >= 4 is 34.2 Å². The molecule has 1 N–H and O–H groups in total. The summed E-state index contributed by atoms with van der Waals surface area (Å²) in [6.45, 7) is 0. The zero-order valence-corrected chi connectivity index (χ0v) is 12.9. The van der Waals surface area contributed by atoms with Gasteiger partial charge in [0.1, 0.15) is 10.8 Å².